The van der Waals surface area contributed by atoms with Crippen molar-refractivity contribution in [2.75, 3.05) is 13.1 Å². The zero-order valence-corrected chi connectivity index (χ0v) is 21.6. The molecule has 3 rings (SSSR count). The summed E-state index contributed by atoms with van der Waals surface area (Å²) in [7, 11) is 0. The van der Waals surface area contributed by atoms with Gasteiger partial charge in [-0.15, -0.1) is 0 Å². The molecule has 34 heavy (non-hydrogen) atoms. The maximum absolute atomic E-state index is 13.4. The predicted molar refractivity (Wildman–Crippen MR) is 130 cm³/mol. The molecule has 2 saturated heterocycles. The highest BCUT2D eigenvalue weighted by molar-refractivity contribution is 6.07. The number of rotatable bonds is 4. The van der Waals surface area contributed by atoms with E-state index in [0.717, 1.165) is 0 Å². The Kier molecular flexibility index (Phi) is 6.84. The summed E-state index contributed by atoms with van der Waals surface area (Å²) in [5.74, 6) is -0.640. The van der Waals surface area contributed by atoms with Crippen LogP contribution in [0.2, 0.25) is 0 Å². The number of nitrogens with one attached hydrogen (secondary N) is 2. The fraction of sp³-hybridized carbons (Fsp3) is 0.615. The number of amides is 6. The number of carbonyl (C=O) groups excluding carboxylic acids is 4. The molecule has 8 heteroatoms. The molecule has 0 bridgehead atoms. The first kappa shape index (κ1) is 25.7. The van der Waals surface area contributed by atoms with Crippen LogP contribution in [0.5, 0.6) is 0 Å². The molecule has 2 fully saturated rings. The SMILES string of the molecule is CC(C)C1N(C(=O)c2ccc(C(=O)N3C(=O)NCC(C)(C)C3C(C)C)cc2)C(=O)NCC1(C)C. The highest BCUT2D eigenvalue weighted by Gasteiger charge is 2.47. The van der Waals surface area contributed by atoms with E-state index in [9.17, 15) is 19.2 Å². The predicted octanol–water partition coefficient (Wildman–Crippen LogP) is 4.12. The summed E-state index contributed by atoms with van der Waals surface area (Å²) in [4.78, 5) is 54.7. The van der Waals surface area contributed by atoms with Crippen molar-refractivity contribution in [2.45, 2.75) is 67.5 Å². The molecule has 0 aromatic heterocycles. The second-order valence-electron chi connectivity index (χ2n) is 11.6. The third-order valence-corrected chi connectivity index (χ3v) is 7.07. The summed E-state index contributed by atoms with van der Waals surface area (Å²) in [5, 5.41) is 5.64. The molecule has 0 radical (unpaired) electrons. The summed E-state index contributed by atoms with van der Waals surface area (Å²) >= 11 is 0. The summed E-state index contributed by atoms with van der Waals surface area (Å²) < 4.78 is 0. The number of benzene rings is 1. The molecular weight excluding hydrogens is 432 g/mol. The van der Waals surface area contributed by atoms with Gasteiger partial charge < -0.3 is 10.6 Å². The molecule has 6 amide bonds. The number of carbonyl (C=O) groups is 4. The van der Waals surface area contributed by atoms with Crippen LogP contribution in [0.1, 0.15) is 76.1 Å². The van der Waals surface area contributed by atoms with Crippen LogP contribution < -0.4 is 10.6 Å². The quantitative estimate of drug-likeness (QED) is 0.691. The second kappa shape index (κ2) is 9.04. The summed E-state index contributed by atoms with van der Waals surface area (Å²) in [5.41, 5.74) is 0.0692. The van der Waals surface area contributed by atoms with E-state index >= 15 is 0 Å². The minimum Gasteiger partial charge on any atom is -0.337 e. The van der Waals surface area contributed by atoms with Crippen molar-refractivity contribution in [3.63, 3.8) is 0 Å². The molecule has 2 unspecified atom stereocenters. The van der Waals surface area contributed by atoms with E-state index in [4.69, 9.17) is 0 Å². The Morgan fingerprint density at radius 2 is 1.03 bits per heavy atom. The number of hydrogen-bond acceptors (Lipinski definition) is 4. The van der Waals surface area contributed by atoms with E-state index < -0.39 is 23.9 Å². The maximum Gasteiger partial charge on any atom is 0.324 e. The standard InChI is InChI=1S/C26H38N4O4/c1-15(2)19-25(5,6)13-27-23(33)29(19)21(31)17-9-11-18(12-10-17)22(32)30-20(16(3)4)26(7,8)14-28-24(30)34/h9-12,15-16,19-20H,13-14H2,1-8H3,(H,27,33)(H,28,34). The highest BCUT2D eigenvalue weighted by atomic mass is 16.2. The van der Waals surface area contributed by atoms with Crippen LogP contribution in [-0.2, 0) is 0 Å². The van der Waals surface area contributed by atoms with Crippen LogP contribution >= 0.6 is 0 Å². The van der Waals surface area contributed by atoms with Gasteiger partial charge in [0.15, 0.2) is 0 Å². The van der Waals surface area contributed by atoms with E-state index in [2.05, 4.69) is 10.6 Å². The first-order valence-corrected chi connectivity index (χ1v) is 12.0. The lowest BCUT2D eigenvalue weighted by atomic mass is 9.76. The van der Waals surface area contributed by atoms with Gasteiger partial charge in [-0.2, -0.15) is 0 Å². The highest BCUT2D eigenvalue weighted by Crippen LogP contribution is 2.35. The zero-order valence-electron chi connectivity index (χ0n) is 21.6. The molecule has 0 saturated carbocycles. The Morgan fingerprint density at radius 1 is 0.735 bits per heavy atom. The van der Waals surface area contributed by atoms with E-state index in [1.54, 1.807) is 24.3 Å². The van der Waals surface area contributed by atoms with Gasteiger partial charge in [0, 0.05) is 35.0 Å². The summed E-state index contributed by atoms with van der Waals surface area (Å²) in [6.45, 7) is 17.2. The molecule has 2 N–H and O–H groups in total. The molecule has 2 aliphatic heterocycles. The average molecular weight is 471 g/mol. The normalized spacial score (nSPS) is 24.2. The molecule has 2 aliphatic rings. The number of imide groups is 2. The van der Waals surface area contributed by atoms with Crippen LogP contribution in [-0.4, -0.2) is 58.8 Å². The van der Waals surface area contributed by atoms with Gasteiger partial charge in [-0.25, -0.2) is 9.59 Å². The van der Waals surface area contributed by atoms with Gasteiger partial charge >= 0.3 is 12.1 Å². The molecule has 8 nitrogen and oxygen atoms in total. The van der Waals surface area contributed by atoms with Crippen LogP contribution in [0.4, 0.5) is 9.59 Å². The Hall–Kier alpha value is -2.90. The van der Waals surface area contributed by atoms with Gasteiger partial charge in [-0.05, 0) is 36.1 Å². The molecule has 0 aliphatic carbocycles. The lowest BCUT2D eigenvalue weighted by Gasteiger charge is -2.47. The van der Waals surface area contributed by atoms with Gasteiger partial charge in [-0.3, -0.25) is 19.4 Å². The van der Waals surface area contributed by atoms with Crippen molar-refractivity contribution in [1.29, 1.82) is 0 Å². The number of hydrogen-bond donors (Lipinski definition) is 2. The summed E-state index contributed by atoms with van der Waals surface area (Å²) in [6, 6.07) is 4.88. The molecular formula is C26H38N4O4. The van der Waals surface area contributed by atoms with Crippen molar-refractivity contribution in [2.24, 2.45) is 22.7 Å². The van der Waals surface area contributed by atoms with Crippen molar-refractivity contribution in [3.8, 4) is 0 Å². The fourth-order valence-corrected chi connectivity index (χ4v) is 5.81. The Bertz CT molecular complexity index is 902. The van der Waals surface area contributed by atoms with Crippen LogP contribution in [0.3, 0.4) is 0 Å². The van der Waals surface area contributed by atoms with E-state index in [0.29, 0.717) is 24.2 Å². The smallest absolute Gasteiger partial charge is 0.324 e. The topological polar surface area (TPSA) is 98.8 Å². The number of nitrogens with zero attached hydrogens (tertiary/aromatic N) is 2. The van der Waals surface area contributed by atoms with E-state index in [-0.39, 0.29) is 34.7 Å². The van der Waals surface area contributed by atoms with Gasteiger partial charge in [0.2, 0.25) is 0 Å². The average Bonchev–Trinajstić information content (AvgIpc) is 2.75. The summed E-state index contributed by atoms with van der Waals surface area (Å²) in [6.07, 6.45) is 0. The second-order valence-corrected chi connectivity index (χ2v) is 11.6. The van der Waals surface area contributed by atoms with E-state index in [1.165, 1.54) is 9.80 Å². The third kappa shape index (κ3) is 4.55. The molecule has 0 spiro atoms. The first-order valence-electron chi connectivity index (χ1n) is 12.0. The van der Waals surface area contributed by atoms with Crippen LogP contribution in [0.25, 0.3) is 0 Å². The molecule has 1 aromatic rings. The third-order valence-electron chi connectivity index (χ3n) is 7.07. The lowest BCUT2D eigenvalue weighted by Crippen LogP contribution is -2.64. The minimum absolute atomic E-state index is 0.0831. The fourth-order valence-electron chi connectivity index (χ4n) is 5.81. The Balaban J connectivity index is 1.89. The molecule has 1 aromatic carbocycles. The molecule has 2 atom stereocenters. The van der Waals surface area contributed by atoms with Gasteiger partial charge in [0.1, 0.15) is 0 Å². The molecule has 186 valence electrons. The monoisotopic (exact) mass is 470 g/mol. The van der Waals surface area contributed by atoms with Gasteiger partial charge in [-0.1, -0.05) is 55.4 Å². The lowest BCUT2D eigenvalue weighted by molar-refractivity contribution is 0.0353. The van der Waals surface area contributed by atoms with Crippen molar-refractivity contribution in [1.82, 2.24) is 20.4 Å². The Morgan fingerprint density at radius 3 is 1.29 bits per heavy atom. The van der Waals surface area contributed by atoms with Gasteiger partial charge in [0.05, 0.1) is 12.1 Å². The number of urea groups is 2. The van der Waals surface area contributed by atoms with Crippen LogP contribution in [0, 0.1) is 22.7 Å². The Labute approximate surface area is 202 Å². The van der Waals surface area contributed by atoms with Crippen molar-refractivity contribution < 1.29 is 19.2 Å². The zero-order chi connectivity index (χ0) is 25.6. The minimum atomic E-state index is -0.407. The van der Waals surface area contributed by atoms with Gasteiger partial charge in [0.25, 0.3) is 11.8 Å². The van der Waals surface area contributed by atoms with Crippen LogP contribution in [0.15, 0.2) is 24.3 Å². The maximum atomic E-state index is 13.4. The van der Waals surface area contributed by atoms with Crippen molar-refractivity contribution in [3.05, 3.63) is 35.4 Å². The largest absolute Gasteiger partial charge is 0.337 e. The first-order chi connectivity index (χ1) is 15.7. The molecule has 2 heterocycles. The van der Waals surface area contributed by atoms with E-state index in [1.807, 2.05) is 55.4 Å². The van der Waals surface area contributed by atoms with Crippen molar-refractivity contribution >= 4 is 23.9 Å².